The molecule has 9 heteroatoms. The molecule has 2 atom stereocenters. The predicted octanol–water partition coefficient (Wildman–Crippen LogP) is 6.21. The molecule has 2 N–H and O–H groups in total. The Balaban J connectivity index is 0.988. The van der Waals surface area contributed by atoms with Gasteiger partial charge in [0.25, 0.3) is 0 Å². The number of hydrogen-bond acceptors (Lipinski definition) is 5. The van der Waals surface area contributed by atoms with Crippen LogP contribution in [0.15, 0.2) is 103 Å². The average Bonchev–Trinajstić information content (AvgIpc) is 3.84. The summed E-state index contributed by atoms with van der Waals surface area (Å²) >= 11 is 0. The molecular weight excluding hydrogens is 628 g/mol. The number of rotatable bonds is 11. The first-order valence-electron chi connectivity index (χ1n) is 17.1. The van der Waals surface area contributed by atoms with Crippen molar-refractivity contribution in [1.82, 2.24) is 9.80 Å². The van der Waals surface area contributed by atoms with Crippen molar-refractivity contribution in [3.8, 4) is 5.75 Å². The highest BCUT2D eigenvalue weighted by Crippen LogP contribution is 2.25. The first-order valence-corrected chi connectivity index (χ1v) is 17.1. The van der Waals surface area contributed by atoms with Crippen LogP contribution in [0.3, 0.4) is 0 Å². The second-order valence-electron chi connectivity index (χ2n) is 12.7. The van der Waals surface area contributed by atoms with Gasteiger partial charge in [-0.25, -0.2) is 0 Å². The fourth-order valence-electron chi connectivity index (χ4n) is 6.66. The Morgan fingerprint density at radius 2 is 1.12 bits per heavy atom. The molecule has 2 aliphatic rings. The quantitative estimate of drug-likeness (QED) is 0.185. The molecule has 0 aromatic heterocycles. The van der Waals surface area contributed by atoms with Gasteiger partial charge >= 0.3 is 0 Å². The molecule has 50 heavy (non-hydrogen) atoms. The topological polar surface area (TPSA) is 108 Å². The van der Waals surface area contributed by atoms with Gasteiger partial charge in [0, 0.05) is 30.0 Å². The molecule has 0 spiro atoms. The van der Waals surface area contributed by atoms with Crippen LogP contribution in [0.4, 0.5) is 11.4 Å². The summed E-state index contributed by atoms with van der Waals surface area (Å²) in [7, 11) is 1.58. The standard InChI is InChI=1S/C41H42N4O5/c1-50-37-14-6-5-11-32(37)28-39(47)45-26-8-13-36(45)41(49)43-34-23-19-30(20-24-34)16-15-29-17-21-33(22-18-29)42-40(48)35-12-7-25-44(35)38(46)27-31-9-3-2-4-10-31/h2-6,9-11,14-24,35-36H,7-8,12-13,25-28H2,1H3,(H,42,48)(H,43,49)/t35-,36-/m0/s1. The number of likely N-dealkylation sites (tertiary alicyclic amines) is 2. The van der Waals surface area contributed by atoms with Crippen LogP contribution in [0.25, 0.3) is 12.2 Å². The van der Waals surface area contributed by atoms with Crippen molar-refractivity contribution < 1.29 is 23.9 Å². The zero-order chi connectivity index (χ0) is 34.9. The van der Waals surface area contributed by atoms with E-state index in [4.69, 9.17) is 4.74 Å². The molecule has 2 saturated heterocycles. The summed E-state index contributed by atoms with van der Waals surface area (Å²) in [6.07, 6.45) is 7.29. The first kappa shape index (κ1) is 34.2. The Morgan fingerprint density at radius 3 is 1.64 bits per heavy atom. The van der Waals surface area contributed by atoms with E-state index in [-0.39, 0.29) is 36.5 Å². The van der Waals surface area contributed by atoms with Gasteiger partial charge in [-0.2, -0.15) is 0 Å². The summed E-state index contributed by atoms with van der Waals surface area (Å²) in [6, 6.07) is 31.2. The zero-order valence-corrected chi connectivity index (χ0v) is 28.2. The van der Waals surface area contributed by atoms with Gasteiger partial charge in [0.2, 0.25) is 23.6 Å². The van der Waals surface area contributed by atoms with Crippen LogP contribution in [-0.2, 0) is 32.0 Å². The third-order valence-electron chi connectivity index (χ3n) is 9.31. The molecule has 2 fully saturated rings. The van der Waals surface area contributed by atoms with Crippen LogP contribution in [0.1, 0.15) is 47.9 Å². The molecule has 0 saturated carbocycles. The highest BCUT2D eigenvalue weighted by molar-refractivity contribution is 5.99. The van der Waals surface area contributed by atoms with Crippen molar-refractivity contribution in [1.29, 1.82) is 0 Å². The summed E-state index contributed by atoms with van der Waals surface area (Å²) in [4.78, 5) is 55.8. The molecule has 9 nitrogen and oxygen atoms in total. The van der Waals surface area contributed by atoms with Crippen LogP contribution in [0, 0.1) is 0 Å². The molecule has 4 aromatic carbocycles. The molecule has 0 bridgehead atoms. The van der Waals surface area contributed by atoms with Crippen LogP contribution in [-0.4, -0.2) is 65.7 Å². The number of carbonyl (C=O) groups excluding carboxylic acids is 4. The van der Waals surface area contributed by atoms with E-state index in [1.54, 1.807) is 16.9 Å². The number of hydrogen-bond donors (Lipinski definition) is 2. The van der Waals surface area contributed by atoms with E-state index in [9.17, 15) is 19.2 Å². The molecule has 4 aromatic rings. The van der Waals surface area contributed by atoms with E-state index in [0.29, 0.717) is 43.1 Å². The monoisotopic (exact) mass is 670 g/mol. The van der Waals surface area contributed by atoms with Crippen molar-refractivity contribution in [3.05, 3.63) is 125 Å². The van der Waals surface area contributed by atoms with E-state index in [2.05, 4.69) is 10.6 Å². The summed E-state index contributed by atoms with van der Waals surface area (Å²) in [6.45, 7) is 1.14. The average molecular weight is 671 g/mol. The lowest BCUT2D eigenvalue weighted by molar-refractivity contribution is -0.136. The lowest BCUT2D eigenvalue weighted by Gasteiger charge is -2.24. The molecule has 6 rings (SSSR count). The summed E-state index contributed by atoms with van der Waals surface area (Å²) in [5.41, 5.74) is 5.00. The lowest BCUT2D eigenvalue weighted by Crippen LogP contribution is -2.43. The van der Waals surface area contributed by atoms with Gasteiger partial charge < -0.3 is 25.2 Å². The Morgan fingerprint density at radius 1 is 0.640 bits per heavy atom. The van der Waals surface area contributed by atoms with E-state index in [0.717, 1.165) is 35.1 Å². The van der Waals surface area contributed by atoms with Crippen molar-refractivity contribution in [3.63, 3.8) is 0 Å². The van der Waals surface area contributed by atoms with Crippen LogP contribution < -0.4 is 15.4 Å². The highest BCUT2D eigenvalue weighted by Gasteiger charge is 2.35. The van der Waals surface area contributed by atoms with E-state index < -0.39 is 12.1 Å². The lowest BCUT2D eigenvalue weighted by atomic mass is 10.1. The van der Waals surface area contributed by atoms with Gasteiger partial charge in [0.05, 0.1) is 20.0 Å². The number of ether oxygens (including phenoxy) is 1. The van der Waals surface area contributed by atoms with Crippen LogP contribution in [0.5, 0.6) is 5.75 Å². The number of amides is 4. The molecule has 256 valence electrons. The summed E-state index contributed by atoms with van der Waals surface area (Å²) in [5, 5.41) is 5.96. The van der Waals surface area contributed by atoms with E-state index in [1.165, 1.54) is 0 Å². The number of nitrogens with one attached hydrogen (secondary N) is 2. The van der Waals surface area contributed by atoms with E-state index >= 15 is 0 Å². The molecule has 2 heterocycles. The number of para-hydroxylation sites is 1. The maximum absolute atomic E-state index is 13.2. The van der Waals surface area contributed by atoms with Crippen molar-refractivity contribution in [2.24, 2.45) is 0 Å². The number of carbonyl (C=O) groups is 4. The van der Waals surface area contributed by atoms with Crippen LogP contribution >= 0.6 is 0 Å². The third kappa shape index (κ3) is 8.47. The van der Waals surface area contributed by atoms with Gasteiger partial charge in [-0.3, -0.25) is 19.2 Å². The summed E-state index contributed by atoms with van der Waals surface area (Å²) < 4.78 is 5.39. The Kier molecular flexibility index (Phi) is 11.0. The Bertz CT molecular complexity index is 1840. The maximum Gasteiger partial charge on any atom is 0.247 e. The Labute approximate surface area is 292 Å². The molecule has 2 aliphatic heterocycles. The molecular formula is C41H42N4O5. The minimum Gasteiger partial charge on any atom is -0.496 e. The van der Waals surface area contributed by atoms with Gasteiger partial charge in [0.1, 0.15) is 17.8 Å². The van der Waals surface area contributed by atoms with E-state index in [1.807, 2.05) is 115 Å². The highest BCUT2D eigenvalue weighted by atomic mass is 16.5. The number of nitrogens with zero attached hydrogens (tertiary/aromatic N) is 2. The number of anilines is 2. The van der Waals surface area contributed by atoms with Crippen molar-refractivity contribution in [2.45, 2.75) is 50.6 Å². The first-order chi connectivity index (χ1) is 24.4. The van der Waals surface area contributed by atoms with Gasteiger partial charge in [0.15, 0.2) is 0 Å². The van der Waals surface area contributed by atoms with Crippen LogP contribution in [0.2, 0.25) is 0 Å². The van der Waals surface area contributed by atoms with Crippen molar-refractivity contribution >= 4 is 47.2 Å². The maximum atomic E-state index is 13.2. The molecule has 0 aliphatic carbocycles. The predicted molar refractivity (Wildman–Crippen MR) is 195 cm³/mol. The fraction of sp³-hybridized carbons (Fsp3) is 0.268. The smallest absolute Gasteiger partial charge is 0.247 e. The second-order valence-corrected chi connectivity index (χ2v) is 12.7. The van der Waals surface area contributed by atoms with Gasteiger partial charge in [-0.05, 0) is 72.7 Å². The second kappa shape index (κ2) is 16.1. The van der Waals surface area contributed by atoms with Gasteiger partial charge in [-0.1, -0.05) is 84.9 Å². The Hall–Kier alpha value is -5.70. The minimum absolute atomic E-state index is 0.0297. The molecule has 0 radical (unpaired) electrons. The van der Waals surface area contributed by atoms with Crippen molar-refractivity contribution in [2.75, 3.05) is 30.8 Å². The number of benzene rings is 4. The minimum atomic E-state index is -0.510. The zero-order valence-electron chi connectivity index (χ0n) is 28.2. The fourth-order valence-corrected chi connectivity index (χ4v) is 6.66. The normalized spacial score (nSPS) is 17.1. The number of methoxy groups -OCH3 is 1. The SMILES string of the molecule is COc1ccccc1CC(=O)N1CCC[C@H]1C(=O)Nc1ccc(C=Cc2ccc(NC(=O)[C@@H]3CCCN3C(=O)Cc3ccccc3)cc2)cc1. The molecule has 4 amide bonds. The third-order valence-corrected chi connectivity index (χ3v) is 9.31. The summed E-state index contributed by atoms with van der Waals surface area (Å²) in [5.74, 6) is 0.189. The largest absolute Gasteiger partial charge is 0.496 e. The molecule has 0 unspecified atom stereocenters. The van der Waals surface area contributed by atoms with Gasteiger partial charge in [-0.15, -0.1) is 0 Å².